The maximum absolute atomic E-state index is 12.8. The molecule has 0 amide bonds. The van der Waals surface area contributed by atoms with Crippen molar-refractivity contribution < 1.29 is 19.1 Å². The molecule has 0 aliphatic heterocycles. The minimum absolute atomic E-state index is 0.141. The molecule has 0 N–H and O–H groups in total. The van der Waals surface area contributed by atoms with Crippen molar-refractivity contribution in [2.45, 2.75) is 13.8 Å². The number of ketones is 2. The van der Waals surface area contributed by atoms with Crippen LogP contribution in [-0.4, -0.2) is 24.8 Å². The van der Waals surface area contributed by atoms with Crippen LogP contribution < -0.4 is 9.47 Å². The van der Waals surface area contributed by atoms with Crippen LogP contribution in [0.15, 0.2) is 72.8 Å². The van der Waals surface area contributed by atoms with Gasteiger partial charge in [0.25, 0.3) is 0 Å². The number of hydrogen-bond donors (Lipinski definition) is 0. The van der Waals surface area contributed by atoms with Crippen molar-refractivity contribution in [3.8, 4) is 11.5 Å². The summed E-state index contributed by atoms with van der Waals surface area (Å²) in [6, 6.07) is 21.0. The highest BCUT2D eigenvalue weighted by atomic mass is 16.5. The van der Waals surface area contributed by atoms with E-state index in [1.54, 1.807) is 60.7 Å². The third kappa shape index (κ3) is 4.12. The fraction of sp³-hybridized carbons (Fsp3) is 0.167. The number of para-hydroxylation sites is 2. The molecule has 0 heterocycles. The lowest BCUT2D eigenvalue weighted by atomic mass is 9.98. The highest BCUT2D eigenvalue weighted by Crippen LogP contribution is 2.24. The Hall–Kier alpha value is -3.40. The smallest absolute Gasteiger partial charge is 0.196 e. The van der Waals surface area contributed by atoms with E-state index in [1.807, 2.05) is 26.0 Å². The summed E-state index contributed by atoms with van der Waals surface area (Å²) < 4.78 is 11.1. The Morgan fingerprint density at radius 2 is 0.964 bits per heavy atom. The molecule has 0 atom stereocenters. The molecule has 0 aliphatic carbocycles. The van der Waals surface area contributed by atoms with E-state index in [0.717, 1.165) is 0 Å². The van der Waals surface area contributed by atoms with Gasteiger partial charge in [0.2, 0.25) is 0 Å². The molecule has 4 heteroatoms. The van der Waals surface area contributed by atoms with E-state index in [2.05, 4.69) is 0 Å². The highest BCUT2D eigenvalue weighted by Gasteiger charge is 2.17. The number of hydrogen-bond acceptors (Lipinski definition) is 4. The maximum atomic E-state index is 12.8. The summed E-state index contributed by atoms with van der Waals surface area (Å²) in [5, 5.41) is 0. The lowest BCUT2D eigenvalue weighted by molar-refractivity contribution is 0.102. The fourth-order valence-corrected chi connectivity index (χ4v) is 2.96. The molecular formula is C24H22O4. The monoisotopic (exact) mass is 374 g/mol. The predicted molar refractivity (Wildman–Crippen MR) is 109 cm³/mol. The molecule has 0 saturated carbocycles. The molecule has 28 heavy (non-hydrogen) atoms. The molecule has 0 radical (unpaired) electrons. The standard InChI is InChI=1S/C24H22O4/c1-3-27-21-11-7-5-9-19(21)23(25)17-13-15-18(16-14-17)24(26)20-10-6-8-12-22(20)28-4-2/h5-16H,3-4H2,1-2H3. The third-order valence-electron chi connectivity index (χ3n) is 4.27. The first-order chi connectivity index (χ1) is 13.7. The van der Waals surface area contributed by atoms with E-state index in [4.69, 9.17) is 9.47 Å². The second kappa shape index (κ2) is 9.00. The third-order valence-corrected chi connectivity index (χ3v) is 4.27. The van der Waals surface area contributed by atoms with Gasteiger partial charge in [-0.15, -0.1) is 0 Å². The van der Waals surface area contributed by atoms with E-state index in [9.17, 15) is 9.59 Å². The van der Waals surface area contributed by atoms with Crippen molar-refractivity contribution in [3.05, 3.63) is 95.1 Å². The van der Waals surface area contributed by atoms with E-state index < -0.39 is 0 Å². The summed E-state index contributed by atoms with van der Waals surface area (Å²) in [6.07, 6.45) is 0. The maximum Gasteiger partial charge on any atom is 0.196 e. The summed E-state index contributed by atoms with van der Waals surface area (Å²) in [4.78, 5) is 25.7. The Kier molecular flexibility index (Phi) is 6.22. The molecule has 0 saturated heterocycles. The molecule has 0 fully saturated rings. The van der Waals surface area contributed by atoms with E-state index >= 15 is 0 Å². The first kappa shape index (κ1) is 19.4. The van der Waals surface area contributed by atoms with Gasteiger partial charge in [0.15, 0.2) is 11.6 Å². The van der Waals surface area contributed by atoms with Gasteiger partial charge in [-0.3, -0.25) is 9.59 Å². The Morgan fingerprint density at radius 1 is 0.607 bits per heavy atom. The second-order valence-corrected chi connectivity index (χ2v) is 6.09. The summed E-state index contributed by atoms with van der Waals surface area (Å²) in [5.41, 5.74) is 2.01. The summed E-state index contributed by atoms with van der Waals surface area (Å²) in [6.45, 7) is 4.72. The molecule has 3 aromatic carbocycles. The number of rotatable bonds is 8. The van der Waals surface area contributed by atoms with Crippen LogP contribution >= 0.6 is 0 Å². The van der Waals surface area contributed by atoms with Crippen LogP contribution in [0, 0.1) is 0 Å². The molecule has 3 aromatic rings. The van der Waals surface area contributed by atoms with Gasteiger partial charge in [-0.2, -0.15) is 0 Å². The highest BCUT2D eigenvalue weighted by molar-refractivity contribution is 6.13. The van der Waals surface area contributed by atoms with Crippen LogP contribution in [0.4, 0.5) is 0 Å². The molecule has 3 rings (SSSR count). The van der Waals surface area contributed by atoms with Gasteiger partial charge >= 0.3 is 0 Å². The molecule has 142 valence electrons. The summed E-state index contributed by atoms with van der Waals surface area (Å²) in [7, 11) is 0. The molecular weight excluding hydrogens is 352 g/mol. The largest absolute Gasteiger partial charge is 0.493 e. The van der Waals surface area contributed by atoms with Crippen LogP contribution in [0.2, 0.25) is 0 Å². The van der Waals surface area contributed by atoms with Gasteiger partial charge in [0.1, 0.15) is 11.5 Å². The number of benzene rings is 3. The molecule has 4 nitrogen and oxygen atoms in total. The molecule has 0 aromatic heterocycles. The number of ether oxygens (including phenoxy) is 2. The van der Waals surface area contributed by atoms with Crippen molar-refractivity contribution >= 4 is 11.6 Å². The van der Waals surface area contributed by atoms with Gasteiger partial charge in [-0.1, -0.05) is 48.5 Å². The van der Waals surface area contributed by atoms with Crippen LogP contribution in [-0.2, 0) is 0 Å². The molecule has 0 aliphatic rings. The first-order valence-corrected chi connectivity index (χ1v) is 9.28. The second-order valence-electron chi connectivity index (χ2n) is 6.09. The fourth-order valence-electron chi connectivity index (χ4n) is 2.96. The first-order valence-electron chi connectivity index (χ1n) is 9.28. The lowest BCUT2D eigenvalue weighted by Gasteiger charge is -2.10. The van der Waals surface area contributed by atoms with Gasteiger partial charge in [-0.05, 0) is 38.1 Å². The van der Waals surface area contributed by atoms with Gasteiger partial charge in [0.05, 0.1) is 24.3 Å². The molecule has 0 unspecified atom stereocenters. The van der Waals surface area contributed by atoms with E-state index in [1.165, 1.54) is 0 Å². The zero-order chi connectivity index (χ0) is 19.9. The SMILES string of the molecule is CCOc1ccccc1C(=O)c1ccc(C(=O)c2ccccc2OCC)cc1. The molecule has 0 spiro atoms. The van der Waals surface area contributed by atoms with Crippen LogP contribution in [0.1, 0.15) is 45.7 Å². The Labute approximate surface area is 164 Å². The van der Waals surface area contributed by atoms with E-state index in [-0.39, 0.29) is 11.6 Å². The van der Waals surface area contributed by atoms with Gasteiger partial charge in [-0.25, -0.2) is 0 Å². The summed E-state index contributed by atoms with van der Waals surface area (Å²) >= 11 is 0. The predicted octanol–water partition coefficient (Wildman–Crippen LogP) is 4.95. The average Bonchev–Trinajstić information content (AvgIpc) is 2.74. The van der Waals surface area contributed by atoms with Crippen molar-refractivity contribution in [1.29, 1.82) is 0 Å². The number of carbonyl (C=O) groups excluding carboxylic acids is 2. The number of carbonyl (C=O) groups is 2. The van der Waals surface area contributed by atoms with Crippen LogP contribution in [0.3, 0.4) is 0 Å². The van der Waals surface area contributed by atoms with Crippen molar-refractivity contribution in [2.75, 3.05) is 13.2 Å². The van der Waals surface area contributed by atoms with Gasteiger partial charge < -0.3 is 9.47 Å². The minimum Gasteiger partial charge on any atom is -0.493 e. The topological polar surface area (TPSA) is 52.6 Å². The average molecular weight is 374 g/mol. The van der Waals surface area contributed by atoms with Gasteiger partial charge in [0, 0.05) is 11.1 Å². The molecule has 0 bridgehead atoms. The Bertz CT molecular complexity index is 893. The van der Waals surface area contributed by atoms with Crippen molar-refractivity contribution in [1.82, 2.24) is 0 Å². The normalized spacial score (nSPS) is 10.4. The zero-order valence-electron chi connectivity index (χ0n) is 16.0. The minimum atomic E-state index is -0.141. The summed E-state index contributed by atoms with van der Waals surface area (Å²) in [5.74, 6) is 0.831. The lowest BCUT2D eigenvalue weighted by Crippen LogP contribution is -2.07. The Balaban J connectivity index is 1.86. The van der Waals surface area contributed by atoms with Crippen LogP contribution in [0.5, 0.6) is 11.5 Å². The Morgan fingerprint density at radius 3 is 1.32 bits per heavy atom. The van der Waals surface area contributed by atoms with Crippen molar-refractivity contribution in [2.24, 2.45) is 0 Å². The van der Waals surface area contributed by atoms with E-state index in [0.29, 0.717) is 47.0 Å². The zero-order valence-corrected chi connectivity index (χ0v) is 16.0. The van der Waals surface area contributed by atoms with Crippen molar-refractivity contribution in [3.63, 3.8) is 0 Å². The van der Waals surface area contributed by atoms with Crippen LogP contribution in [0.25, 0.3) is 0 Å². The quantitative estimate of drug-likeness (QED) is 0.524.